The standard InChI is InChI=1S/C18H23N5O2/c1-13-16(12-22(2)21-13)20-18(25)19-9-15-8-17(24)23(11-15)10-14-6-4-3-5-7-14/h3-7,12,15H,8-11H2,1-2H3,(H2,19,20,25). The van der Waals surface area contributed by atoms with E-state index in [0.29, 0.717) is 31.7 Å². The highest BCUT2D eigenvalue weighted by Gasteiger charge is 2.29. The largest absolute Gasteiger partial charge is 0.338 e. The minimum atomic E-state index is -0.273. The van der Waals surface area contributed by atoms with E-state index in [1.807, 2.05) is 49.2 Å². The average molecular weight is 341 g/mol. The van der Waals surface area contributed by atoms with Gasteiger partial charge < -0.3 is 15.5 Å². The van der Waals surface area contributed by atoms with Crippen LogP contribution in [0.4, 0.5) is 10.5 Å². The molecule has 0 saturated carbocycles. The Labute approximate surface area is 147 Å². The minimum absolute atomic E-state index is 0.136. The fourth-order valence-electron chi connectivity index (χ4n) is 3.07. The van der Waals surface area contributed by atoms with Gasteiger partial charge in [-0.2, -0.15) is 5.10 Å². The predicted octanol–water partition coefficient (Wildman–Crippen LogP) is 1.90. The molecule has 0 bridgehead atoms. The Kier molecular flexibility index (Phi) is 5.02. The number of carbonyl (C=O) groups excluding carboxylic acids is 2. The smallest absolute Gasteiger partial charge is 0.319 e. The summed E-state index contributed by atoms with van der Waals surface area (Å²) in [5.74, 6) is 0.274. The van der Waals surface area contributed by atoms with Crippen LogP contribution in [0.5, 0.6) is 0 Å². The summed E-state index contributed by atoms with van der Waals surface area (Å²) >= 11 is 0. The second-order valence-corrected chi connectivity index (χ2v) is 6.47. The van der Waals surface area contributed by atoms with Crippen molar-refractivity contribution in [2.45, 2.75) is 19.9 Å². The molecule has 0 spiro atoms. The molecule has 1 aliphatic heterocycles. The van der Waals surface area contributed by atoms with Crippen molar-refractivity contribution in [3.05, 3.63) is 47.8 Å². The van der Waals surface area contributed by atoms with E-state index >= 15 is 0 Å². The number of carbonyl (C=O) groups is 2. The number of aromatic nitrogens is 2. The van der Waals surface area contributed by atoms with Gasteiger partial charge in [0.1, 0.15) is 0 Å². The van der Waals surface area contributed by atoms with Gasteiger partial charge in [-0.05, 0) is 12.5 Å². The number of amides is 3. The van der Waals surface area contributed by atoms with Gasteiger partial charge in [0, 0.05) is 45.2 Å². The molecular formula is C18H23N5O2. The molecule has 25 heavy (non-hydrogen) atoms. The normalized spacial score (nSPS) is 17.0. The molecule has 2 N–H and O–H groups in total. The third kappa shape index (κ3) is 4.37. The van der Waals surface area contributed by atoms with Crippen LogP contribution in [-0.4, -0.2) is 39.7 Å². The van der Waals surface area contributed by atoms with Gasteiger partial charge in [-0.1, -0.05) is 30.3 Å². The fraction of sp³-hybridized carbons (Fsp3) is 0.389. The van der Waals surface area contributed by atoms with Crippen LogP contribution in [0.2, 0.25) is 0 Å². The van der Waals surface area contributed by atoms with Crippen LogP contribution < -0.4 is 10.6 Å². The topological polar surface area (TPSA) is 79.3 Å². The molecule has 2 aromatic rings. The van der Waals surface area contributed by atoms with E-state index in [0.717, 1.165) is 11.3 Å². The fourth-order valence-corrected chi connectivity index (χ4v) is 3.07. The lowest BCUT2D eigenvalue weighted by molar-refractivity contribution is -0.128. The van der Waals surface area contributed by atoms with E-state index < -0.39 is 0 Å². The van der Waals surface area contributed by atoms with Gasteiger partial charge in [-0.3, -0.25) is 9.48 Å². The zero-order chi connectivity index (χ0) is 17.8. The van der Waals surface area contributed by atoms with Crippen LogP contribution in [0.15, 0.2) is 36.5 Å². The Hall–Kier alpha value is -2.83. The summed E-state index contributed by atoms with van der Waals surface area (Å²) in [5.41, 5.74) is 2.57. The molecule has 1 aromatic heterocycles. The number of nitrogens with one attached hydrogen (secondary N) is 2. The number of aryl methyl sites for hydroxylation is 2. The first kappa shape index (κ1) is 17.0. The lowest BCUT2D eigenvalue weighted by Gasteiger charge is -2.17. The van der Waals surface area contributed by atoms with E-state index in [1.54, 1.807) is 10.9 Å². The van der Waals surface area contributed by atoms with E-state index in [1.165, 1.54) is 0 Å². The molecule has 1 fully saturated rings. The number of benzene rings is 1. The number of anilines is 1. The maximum Gasteiger partial charge on any atom is 0.319 e. The highest BCUT2D eigenvalue weighted by molar-refractivity contribution is 5.89. The second-order valence-electron chi connectivity index (χ2n) is 6.47. The number of urea groups is 1. The van der Waals surface area contributed by atoms with Crippen LogP contribution >= 0.6 is 0 Å². The molecule has 2 heterocycles. The van der Waals surface area contributed by atoms with Gasteiger partial charge in [0.15, 0.2) is 0 Å². The Morgan fingerprint density at radius 3 is 2.76 bits per heavy atom. The molecule has 0 aliphatic carbocycles. The van der Waals surface area contributed by atoms with Gasteiger partial charge in [-0.25, -0.2) is 4.79 Å². The quantitative estimate of drug-likeness (QED) is 0.872. The van der Waals surface area contributed by atoms with Crippen LogP contribution in [-0.2, 0) is 18.4 Å². The summed E-state index contributed by atoms with van der Waals surface area (Å²) in [6.07, 6.45) is 2.23. The second kappa shape index (κ2) is 7.38. The number of nitrogens with zero attached hydrogens (tertiary/aromatic N) is 3. The number of likely N-dealkylation sites (tertiary alicyclic amines) is 1. The van der Waals surface area contributed by atoms with Crippen molar-refractivity contribution in [2.75, 3.05) is 18.4 Å². The summed E-state index contributed by atoms with van der Waals surface area (Å²) in [6, 6.07) is 9.67. The minimum Gasteiger partial charge on any atom is -0.338 e. The summed E-state index contributed by atoms with van der Waals surface area (Å²) in [5, 5.41) is 9.82. The third-order valence-electron chi connectivity index (χ3n) is 4.32. The first-order chi connectivity index (χ1) is 12.0. The monoisotopic (exact) mass is 341 g/mol. The Bertz CT molecular complexity index is 756. The van der Waals surface area contributed by atoms with Crippen molar-refractivity contribution in [1.29, 1.82) is 0 Å². The van der Waals surface area contributed by atoms with E-state index in [2.05, 4.69) is 15.7 Å². The SMILES string of the molecule is Cc1nn(C)cc1NC(=O)NCC1CC(=O)N(Cc2ccccc2)C1. The molecule has 1 saturated heterocycles. The van der Waals surface area contributed by atoms with Crippen molar-refractivity contribution in [1.82, 2.24) is 20.0 Å². The van der Waals surface area contributed by atoms with Gasteiger partial charge in [0.2, 0.25) is 5.91 Å². The lowest BCUT2D eigenvalue weighted by atomic mass is 10.1. The molecule has 3 rings (SSSR count). The maximum absolute atomic E-state index is 12.2. The van der Waals surface area contributed by atoms with Gasteiger partial charge in [-0.15, -0.1) is 0 Å². The molecule has 1 atom stereocenters. The van der Waals surface area contributed by atoms with Gasteiger partial charge >= 0.3 is 6.03 Å². The molecule has 1 unspecified atom stereocenters. The van der Waals surface area contributed by atoms with Crippen LogP contribution in [0, 0.1) is 12.8 Å². The van der Waals surface area contributed by atoms with Gasteiger partial charge in [0.25, 0.3) is 0 Å². The number of hydrogen-bond donors (Lipinski definition) is 2. The highest BCUT2D eigenvalue weighted by Crippen LogP contribution is 2.19. The molecular weight excluding hydrogens is 318 g/mol. The van der Waals surface area contributed by atoms with Crippen molar-refractivity contribution < 1.29 is 9.59 Å². The molecule has 3 amide bonds. The molecule has 132 valence electrons. The zero-order valence-electron chi connectivity index (χ0n) is 14.5. The highest BCUT2D eigenvalue weighted by atomic mass is 16.2. The lowest BCUT2D eigenvalue weighted by Crippen LogP contribution is -2.34. The van der Waals surface area contributed by atoms with Crippen LogP contribution in [0.1, 0.15) is 17.7 Å². The van der Waals surface area contributed by atoms with E-state index in [4.69, 9.17) is 0 Å². The molecule has 1 aromatic carbocycles. The van der Waals surface area contributed by atoms with Gasteiger partial charge in [0.05, 0.1) is 11.4 Å². The Morgan fingerprint density at radius 1 is 1.32 bits per heavy atom. The van der Waals surface area contributed by atoms with Crippen molar-refractivity contribution in [2.24, 2.45) is 13.0 Å². The number of hydrogen-bond acceptors (Lipinski definition) is 3. The van der Waals surface area contributed by atoms with Crippen molar-refractivity contribution in [3.63, 3.8) is 0 Å². The summed E-state index contributed by atoms with van der Waals surface area (Å²) in [7, 11) is 1.81. The van der Waals surface area contributed by atoms with Crippen molar-refractivity contribution >= 4 is 17.6 Å². The van der Waals surface area contributed by atoms with Crippen LogP contribution in [0.3, 0.4) is 0 Å². The Balaban J connectivity index is 1.47. The molecule has 7 heteroatoms. The first-order valence-electron chi connectivity index (χ1n) is 8.38. The third-order valence-corrected chi connectivity index (χ3v) is 4.32. The van der Waals surface area contributed by atoms with E-state index in [-0.39, 0.29) is 17.9 Å². The Morgan fingerprint density at radius 2 is 2.08 bits per heavy atom. The maximum atomic E-state index is 12.2. The molecule has 0 radical (unpaired) electrons. The molecule has 7 nitrogen and oxygen atoms in total. The first-order valence-corrected chi connectivity index (χ1v) is 8.38. The summed E-state index contributed by atoms with van der Waals surface area (Å²) < 4.78 is 1.65. The zero-order valence-corrected chi connectivity index (χ0v) is 14.5. The number of rotatable bonds is 5. The molecule has 1 aliphatic rings. The van der Waals surface area contributed by atoms with Crippen molar-refractivity contribution in [3.8, 4) is 0 Å². The summed E-state index contributed by atoms with van der Waals surface area (Å²) in [6.45, 7) is 3.60. The van der Waals surface area contributed by atoms with Crippen LogP contribution in [0.25, 0.3) is 0 Å². The van der Waals surface area contributed by atoms with E-state index in [9.17, 15) is 9.59 Å². The average Bonchev–Trinajstić information content (AvgIpc) is 3.08. The predicted molar refractivity (Wildman–Crippen MR) is 94.9 cm³/mol. The summed E-state index contributed by atoms with van der Waals surface area (Å²) in [4.78, 5) is 26.0.